The number of thiophene rings is 2. The minimum atomic E-state index is -1.79. The molecule has 2 N–H and O–H groups in total. The van der Waals surface area contributed by atoms with Crippen LogP contribution in [0.2, 0.25) is 5.02 Å². The van der Waals surface area contributed by atoms with Gasteiger partial charge in [-0.05, 0) is 74.7 Å². The van der Waals surface area contributed by atoms with E-state index in [1.54, 1.807) is 18.2 Å². The van der Waals surface area contributed by atoms with Crippen molar-refractivity contribution in [2.45, 2.75) is 56.3 Å². The van der Waals surface area contributed by atoms with Gasteiger partial charge in [-0.15, -0.1) is 22.7 Å². The summed E-state index contributed by atoms with van der Waals surface area (Å²) in [5.41, 5.74) is -1.07. The lowest BCUT2D eigenvalue weighted by molar-refractivity contribution is -0.169. The zero-order valence-corrected chi connectivity index (χ0v) is 24.8. The zero-order chi connectivity index (χ0) is 28.7. The number of aliphatic hydroxyl groups is 1. The number of aldehydes is 1. The highest BCUT2D eigenvalue weighted by Crippen LogP contribution is 2.38. The van der Waals surface area contributed by atoms with Crippen LogP contribution in [0.5, 0.6) is 5.75 Å². The lowest BCUT2D eigenvalue weighted by Crippen LogP contribution is -2.42. The van der Waals surface area contributed by atoms with Crippen molar-refractivity contribution in [3.05, 3.63) is 67.5 Å². The number of hydrogen-bond donors (Lipinski definition) is 2. The molecule has 1 fully saturated rings. The number of halogens is 1. The van der Waals surface area contributed by atoms with Crippen LogP contribution in [0, 0.1) is 0 Å². The number of benzene rings is 1. The van der Waals surface area contributed by atoms with Crippen molar-refractivity contribution < 1.29 is 29.0 Å². The molecule has 1 amide bonds. The van der Waals surface area contributed by atoms with Crippen molar-refractivity contribution in [2.24, 2.45) is 0 Å². The molecular formula is C29H33ClN2O6S2. The van der Waals surface area contributed by atoms with Gasteiger partial charge in [0.1, 0.15) is 11.9 Å². The van der Waals surface area contributed by atoms with Crippen molar-refractivity contribution >= 4 is 58.1 Å². The van der Waals surface area contributed by atoms with Gasteiger partial charge in [-0.1, -0.05) is 23.7 Å². The number of carbonyl (C=O) groups excluding carboxylic acids is 3. The molecule has 40 heavy (non-hydrogen) atoms. The van der Waals surface area contributed by atoms with Crippen LogP contribution >= 0.6 is 34.3 Å². The predicted octanol–water partition coefficient (Wildman–Crippen LogP) is 5.73. The summed E-state index contributed by atoms with van der Waals surface area (Å²) >= 11 is 8.87. The Bertz CT molecular complexity index is 1260. The number of carbonyl (C=O) groups is 3. The monoisotopic (exact) mass is 604 g/mol. The summed E-state index contributed by atoms with van der Waals surface area (Å²) in [6, 6.07) is 10.5. The Morgan fingerprint density at radius 1 is 1.15 bits per heavy atom. The minimum Gasteiger partial charge on any atom is -0.496 e. The van der Waals surface area contributed by atoms with E-state index in [1.165, 1.54) is 35.8 Å². The Hall–Kier alpha value is -2.76. The van der Waals surface area contributed by atoms with Crippen molar-refractivity contribution in [2.75, 3.05) is 26.0 Å². The number of rotatable bonds is 12. The van der Waals surface area contributed by atoms with Crippen molar-refractivity contribution in [3.8, 4) is 5.75 Å². The fraction of sp³-hybridized carbons (Fsp3) is 0.414. The average molecular weight is 605 g/mol. The van der Waals surface area contributed by atoms with Gasteiger partial charge in [-0.2, -0.15) is 0 Å². The summed E-state index contributed by atoms with van der Waals surface area (Å²) in [6.07, 6.45) is 4.52. The van der Waals surface area contributed by atoms with Crippen LogP contribution in [0.25, 0.3) is 0 Å². The van der Waals surface area contributed by atoms with Crippen LogP contribution in [-0.2, 0) is 19.9 Å². The maximum Gasteiger partial charge on any atom is 0.349 e. The molecule has 1 aromatic carbocycles. The number of nitrogens with zero attached hydrogens (tertiary/aromatic N) is 1. The first-order chi connectivity index (χ1) is 19.3. The zero-order valence-electron chi connectivity index (χ0n) is 22.4. The smallest absolute Gasteiger partial charge is 0.349 e. The number of anilines is 1. The van der Waals surface area contributed by atoms with E-state index in [-0.39, 0.29) is 17.0 Å². The number of hydrogen-bond acceptors (Lipinski definition) is 9. The molecule has 2 aromatic heterocycles. The molecule has 0 radical (unpaired) electrons. The first-order valence-electron chi connectivity index (χ1n) is 13.1. The van der Waals surface area contributed by atoms with Gasteiger partial charge in [0.05, 0.1) is 33.1 Å². The highest BCUT2D eigenvalue weighted by Gasteiger charge is 2.45. The highest BCUT2D eigenvalue weighted by atomic mass is 35.5. The molecule has 8 nitrogen and oxygen atoms in total. The minimum absolute atomic E-state index is 0.171. The number of amides is 1. The molecule has 0 aliphatic heterocycles. The van der Waals surface area contributed by atoms with Gasteiger partial charge in [0.25, 0.3) is 0 Å². The molecular weight excluding hydrogens is 572 g/mol. The van der Waals surface area contributed by atoms with E-state index < -0.39 is 11.6 Å². The van der Waals surface area contributed by atoms with E-state index in [4.69, 9.17) is 21.1 Å². The van der Waals surface area contributed by atoms with E-state index in [9.17, 15) is 19.5 Å². The fourth-order valence-electron chi connectivity index (χ4n) is 4.95. The van der Waals surface area contributed by atoms with Crippen LogP contribution in [0.4, 0.5) is 5.69 Å². The number of esters is 1. The van der Waals surface area contributed by atoms with E-state index in [1.807, 2.05) is 29.9 Å². The lowest BCUT2D eigenvalue weighted by Gasteiger charge is -2.35. The van der Waals surface area contributed by atoms with Crippen molar-refractivity contribution in [3.63, 3.8) is 0 Å². The van der Waals surface area contributed by atoms with E-state index in [2.05, 4.69) is 10.2 Å². The Morgan fingerprint density at radius 2 is 1.80 bits per heavy atom. The molecule has 0 atom stereocenters. The van der Waals surface area contributed by atoms with Gasteiger partial charge in [-0.3, -0.25) is 9.59 Å². The molecule has 4 rings (SSSR count). The van der Waals surface area contributed by atoms with Crippen LogP contribution in [0.1, 0.15) is 58.6 Å². The Labute approximate surface area is 246 Å². The van der Waals surface area contributed by atoms with Crippen molar-refractivity contribution in [1.29, 1.82) is 0 Å². The molecule has 1 saturated carbocycles. The summed E-state index contributed by atoms with van der Waals surface area (Å²) in [6.45, 7) is 0.736. The van der Waals surface area contributed by atoms with Gasteiger partial charge in [0.2, 0.25) is 11.5 Å². The van der Waals surface area contributed by atoms with Crippen LogP contribution < -0.4 is 10.1 Å². The van der Waals surface area contributed by atoms with Gasteiger partial charge in [0.15, 0.2) is 6.29 Å². The third-order valence-electron chi connectivity index (χ3n) is 7.23. The molecule has 0 bridgehead atoms. The van der Waals surface area contributed by atoms with Crippen LogP contribution in [-0.4, -0.2) is 61.0 Å². The first-order valence-corrected chi connectivity index (χ1v) is 15.2. The molecule has 2 heterocycles. The third kappa shape index (κ3) is 6.92. The molecule has 3 aromatic rings. The molecule has 1 aliphatic carbocycles. The third-order valence-corrected chi connectivity index (χ3v) is 9.50. The standard InChI is InChI=1S/C29H33ClN2O6S2/c1-32(13-3-8-27(34)31-23-17-24(37-2)19(18-33)16-22(23)30)20-9-11-21(12-10-20)38-28(35)29(36,25-6-4-14-39-25)26-7-5-15-40-26/h4-7,14-18,20-21,36H,3,8-13H2,1-2H3,(H,31,34). The molecule has 0 saturated heterocycles. The predicted molar refractivity (Wildman–Crippen MR) is 158 cm³/mol. The summed E-state index contributed by atoms with van der Waals surface area (Å²) in [7, 11) is 3.49. The second-order valence-corrected chi connectivity index (χ2v) is 12.1. The normalized spacial score (nSPS) is 17.4. The summed E-state index contributed by atoms with van der Waals surface area (Å²) in [5.74, 6) is -0.451. The van der Waals surface area contributed by atoms with Gasteiger partial charge in [-0.25, -0.2) is 4.79 Å². The molecule has 0 spiro atoms. The van der Waals surface area contributed by atoms with Crippen LogP contribution in [0.3, 0.4) is 0 Å². The SMILES string of the molecule is COc1cc(NC(=O)CCCN(C)C2CCC(OC(=O)C(O)(c3cccs3)c3cccs3)CC2)c(Cl)cc1C=O. The molecule has 214 valence electrons. The van der Waals surface area contributed by atoms with Gasteiger partial charge < -0.3 is 24.8 Å². The van der Waals surface area contributed by atoms with Crippen molar-refractivity contribution in [1.82, 2.24) is 4.90 Å². The second kappa shape index (κ2) is 13.7. The Kier molecular flexibility index (Phi) is 10.4. The Balaban J connectivity index is 1.23. The second-order valence-electron chi connectivity index (χ2n) is 9.83. The summed E-state index contributed by atoms with van der Waals surface area (Å²) in [5, 5.41) is 18.2. The fourth-order valence-corrected chi connectivity index (χ4v) is 6.88. The van der Waals surface area contributed by atoms with Gasteiger partial charge in [0, 0.05) is 18.5 Å². The summed E-state index contributed by atoms with van der Waals surface area (Å²) < 4.78 is 11.0. The van der Waals surface area contributed by atoms with E-state index in [0.717, 1.165) is 19.4 Å². The van der Waals surface area contributed by atoms with Gasteiger partial charge >= 0.3 is 5.97 Å². The van der Waals surface area contributed by atoms with E-state index in [0.29, 0.717) is 64.8 Å². The maximum atomic E-state index is 13.2. The topological polar surface area (TPSA) is 105 Å². The van der Waals surface area contributed by atoms with E-state index >= 15 is 0 Å². The largest absolute Gasteiger partial charge is 0.496 e. The lowest BCUT2D eigenvalue weighted by atomic mass is 9.91. The molecule has 0 unspecified atom stereocenters. The van der Waals surface area contributed by atoms with Crippen LogP contribution in [0.15, 0.2) is 47.2 Å². The number of methoxy groups -OCH3 is 1. The summed E-state index contributed by atoms with van der Waals surface area (Å²) in [4.78, 5) is 40.2. The molecule has 11 heteroatoms. The average Bonchev–Trinajstić information content (AvgIpc) is 3.69. The molecule has 1 aliphatic rings. The first kappa shape index (κ1) is 30.2. The number of nitrogens with one attached hydrogen (secondary N) is 1. The maximum absolute atomic E-state index is 13.2. The Morgan fingerprint density at radius 3 is 2.35 bits per heavy atom. The highest BCUT2D eigenvalue weighted by molar-refractivity contribution is 7.12. The quantitative estimate of drug-likeness (QED) is 0.201. The number of ether oxygens (including phenoxy) is 2.